The third kappa shape index (κ3) is 5.87. The fourth-order valence-corrected chi connectivity index (χ4v) is 2.85. The Hall–Kier alpha value is -2.35. The Bertz CT molecular complexity index is 601. The molecular formula is C18H27FN4O3. The van der Waals surface area contributed by atoms with Crippen LogP contribution in [-0.4, -0.2) is 56.3 Å². The lowest BCUT2D eigenvalue weighted by atomic mass is 10.1. The Kier molecular flexibility index (Phi) is 7.65. The summed E-state index contributed by atoms with van der Waals surface area (Å²) in [5.74, 6) is 0.0474. The van der Waals surface area contributed by atoms with E-state index in [4.69, 9.17) is 15.2 Å². The second kappa shape index (κ2) is 9.96. The molecule has 1 atom stereocenters. The molecule has 1 aromatic rings. The average Bonchev–Trinajstić information content (AvgIpc) is 2.64. The predicted octanol–water partition coefficient (Wildman–Crippen LogP) is 2.04. The Morgan fingerprint density at radius 1 is 1.38 bits per heavy atom. The van der Waals surface area contributed by atoms with E-state index in [0.717, 1.165) is 18.4 Å². The molecule has 1 fully saturated rings. The van der Waals surface area contributed by atoms with Crippen LogP contribution in [0.3, 0.4) is 0 Å². The van der Waals surface area contributed by atoms with Crippen molar-refractivity contribution in [1.29, 1.82) is 0 Å². The van der Waals surface area contributed by atoms with Crippen LogP contribution in [0.2, 0.25) is 0 Å². The number of likely N-dealkylation sites (tertiary alicyclic amines) is 1. The summed E-state index contributed by atoms with van der Waals surface area (Å²) in [4.78, 5) is 17.7. The molecule has 0 aromatic heterocycles. The number of aliphatic imine (C=N–C) groups is 1. The van der Waals surface area contributed by atoms with E-state index in [0.29, 0.717) is 32.2 Å². The quantitative estimate of drug-likeness (QED) is 0.594. The molecule has 1 unspecified atom stereocenters. The lowest BCUT2D eigenvalue weighted by Gasteiger charge is -2.31. The SMILES string of the molecule is CCOC(=O)N1CCC(NC(N)=NCC(OC)c2ccc(F)cc2)CC1. The molecule has 3 N–H and O–H groups in total. The van der Waals surface area contributed by atoms with Crippen molar-refractivity contribution < 1.29 is 18.7 Å². The van der Waals surface area contributed by atoms with E-state index < -0.39 is 0 Å². The van der Waals surface area contributed by atoms with Gasteiger partial charge in [0.05, 0.1) is 13.2 Å². The number of nitrogens with zero attached hydrogens (tertiary/aromatic N) is 2. The summed E-state index contributed by atoms with van der Waals surface area (Å²) in [6, 6.07) is 6.30. The molecule has 8 heteroatoms. The van der Waals surface area contributed by atoms with Crippen LogP contribution >= 0.6 is 0 Å². The molecule has 0 bridgehead atoms. The molecule has 7 nitrogen and oxygen atoms in total. The van der Waals surface area contributed by atoms with Crippen molar-refractivity contribution in [3.05, 3.63) is 35.6 Å². The zero-order valence-electron chi connectivity index (χ0n) is 15.3. The van der Waals surface area contributed by atoms with Gasteiger partial charge in [0, 0.05) is 26.2 Å². The molecule has 144 valence electrons. The summed E-state index contributed by atoms with van der Waals surface area (Å²) in [7, 11) is 1.58. The maximum Gasteiger partial charge on any atom is 0.409 e. The lowest BCUT2D eigenvalue weighted by molar-refractivity contribution is 0.0962. The number of piperidine rings is 1. The van der Waals surface area contributed by atoms with Crippen molar-refractivity contribution in [3.8, 4) is 0 Å². The van der Waals surface area contributed by atoms with Crippen molar-refractivity contribution in [2.45, 2.75) is 31.9 Å². The van der Waals surface area contributed by atoms with Crippen molar-refractivity contribution in [1.82, 2.24) is 10.2 Å². The van der Waals surface area contributed by atoms with Crippen molar-refractivity contribution in [3.63, 3.8) is 0 Å². The second-order valence-corrected chi connectivity index (χ2v) is 6.11. The van der Waals surface area contributed by atoms with Gasteiger partial charge in [-0.1, -0.05) is 12.1 Å². The number of halogens is 1. The lowest BCUT2D eigenvalue weighted by Crippen LogP contribution is -2.48. The summed E-state index contributed by atoms with van der Waals surface area (Å²) in [6.45, 7) is 3.76. The van der Waals surface area contributed by atoms with E-state index in [1.54, 1.807) is 31.1 Å². The average molecular weight is 366 g/mol. The molecular weight excluding hydrogens is 339 g/mol. The topological polar surface area (TPSA) is 89.2 Å². The van der Waals surface area contributed by atoms with Crippen molar-refractivity contribution in [2.75, 3.05) is 33.4 Å². The molecule has 0 saturated carbocycles. The Morgan fingerprint density at radius 3 is 2.62 bits per heavy atom. The number of ether oxygens (including phenoxy) is 2. The summed E-state index contributed by atoms with van der Waals surface area (Å²) >= 11 is 0. The summed E-state index contributed by atoms with van der Waals surface area (Å²) in [6.07, 6.45) is 0.998. The minimum absolute atomic E-state index is 0.163. The third-order valence-corrected chi connectivity index (χ3v) is 4.33. The van der Waals surface area contributed by atoms with E-state index in [1.807, 2.05) is 0 Å². The van der Waals surface area contributed by atoms with Gasteiger partial charge in [-0.2, -0.15) is 0 Å². The number of nitrogens with one attached hydrogen (secondary N) is 1. The minimum Gasteiger partial charge on any atom is -0.450 e. The van der Waals surface area contributed by atoms with E-state index in [1.165, 1.54) is 12.1 Å². The Balaban J connectivity index is 1.81. The van der Waals surface area contributed by atoms with Gasteiger partial charge in [-0.05, 0) is 37.5 Å². The molecule has 1 heterocycles. The largest absolute Gasteiger partial charge is 0.450 e. The standard InChI is InChI=1S/C18H27FN4O3/c1-3-26-18(24)23-10-8-15(9-11-23)22-17(20)21-12-16(25-2)13-4-6-14(19)7-5-13/h4-7,15-16H,3,8-12H2,1-2H3,(H3,20,21,22). The van der Waals surface area contributed by atoms with Crippen LogP contribution in [0.5, 0.6) is 0 Å². The number of amides is 1. The van der Waals surface area contributed by atoms with Crippen molar-refractivity contribution in [2.24, 2.45) is 10.7 Å². The normalized spacial score (nSPS) is 17.0. The highest BCUT2D eigenvalue weighted by molar-refractivity contribution is 5.78. The molecule has 1 saturated heterocycles. The Labute approximate surface area is 153 Å². The van der Waals surface area contributed by atoms with Gasteiger partial charge in [-0.15, -0.1) is 0 Å². The molecule has 26 heavy (non-hydrogen) atoms. The number of carbonyl (C=O) groups is 1. The van der Waals surface area contributed by atoms with Gasteiger partial charge in [0.2, 0.25) is 0 Å². The van der Waals surface area contributed by atoms with E-state index >= 15 is 0 Å². The van der Waals surface area contributed by atoms with E-state index in [9.17, 15) is 9.18 Å². The number of rotatable bonds is 6. The summed E-state index contributed by atoms with van der Waals surface area (Å²) < 4.78 is 23.4. The van der Waals surface area contributed by atoms with E-state index in [-0.39, 0.29) is 24.1 Å². The number of methoxy groups -OCH3 is 1. The maximum absolute atomic E-state index is 13.0. The van der Waals surface area contributed by atoms with E-state index in [2.05, 4.69) is 10.3 Å². The minimum atomic E-state index is -0.290. The summed E-state index contributed by atoms with van der Waals surface area (Å²) in [5.41, 5.74) is 6.81. The molecule has 1 aromatic carbocycles. The number of hydrogen-bond donors (Lipinski definition) is 2. The van der Waals surface area contributed by atoms with Gasteiger partial charge < -0.3 is 25.4 Å². The van der Waals surface area contributed by atoms with Crippen LogP contribution in [0, 0.1) is 5.82 Å². The molecule has 1 aliphatic rings. The van der Waals surface area contributed by atoms with Gasteiger partial charge in [-0.25, -0.2) is 9.18 Å². The molecule has 1 amide bonds. The first-order valence-electron chi connectivity index (χ1n) is 8.79. The van der Waals surface area contributed by atoms with Gasteiger partial charge in [-0.3, -0.25) is 4.99 Å². The molecule has 0 spiro atoms. The number of benzene rings is 1. The van der Waals surface area contributed by atoms with Crippen molar-refractivity contribution >= 4 is 12.1 Å². The molecule has 2 rings (SSSR count). The predicted molar refractivity (Wildman–Crippen MR) is 97.4 cm³/mol. The zero-order chi connectivity index (χ0) is 18.9. The first-order chi connectivity index (χ1) is 12.5. The number of guanidine groups is 1. The fourth-order valence-electron chi connectivity index (χ4n) is 2.85. The first kappa shape index (κ1) is 20.0. The van der Waals surface area contributed by atoms with Gasteiger partial charge in [0.15, 0.2) is 5.96 Å². The van der Waals surface area contributed by atoms with Gasteiger partial charge in [0.1, 0.15) is 11.9 Å². The monoisotopic (exact) mass is 366 g/mol. The molecule has 1 aliphatic heterocycles. The van der Waals surface area contributed by atoms with Crippen LogP contribution < -0.4 is 11.1 Å². The summed E-state index contributed by atoms with van der Waals surface area (Å²) in [5, 5.41) is 3.18. The molecule has 0 aliphatic carbocycles. The first-order valence-corrected chi connectivity index (χ1v) is 8.79. The number of carbonyl (C=O) groups excluding carboxylic acids is 1. The Morgan fingerprint density at radius 2 is 2.04 bits per heavy atom. The van der Waals surface area contributed by atoms with Gasteiger partial charge >= 0.3 is 6.09 Å². The van der Waals surface area contributed by atoms with Gasteiger partial charge in [0.25, 0.3) is 0 Å². The number of hydrogen-bond acceptors (Lipinski definition) is 4. The highest BCUT2D eigenvalue weighted by Crippen LogP contribution is 2.17. The van der Waals surface area contributed by atoms with Crippen LogP contribution in [-0.2, 0) is 9.47 Å². The van der Waals surface area contributed by atoms with Crippen LogP contribution in [0.1, 0.15) is 31.4 Å². The third-order valence-electron chi connectivity index (χ3n) is 4.33. The highest BCUT2D eigenvalue weighted by atomic mass is 19.1. The van der Waals surface area contributed by atoms with Crippen LogP contribution in [0.15, 0.2) is 29.3 Å². The maximum atomic E-state index is 13.0. The molecule has 0 radical (unpaired) electrons. The highest BCUT2D eigenvalue weighted by Gasteiger charge is 2.23. The van der Waals surface area contributed by atoms with Crippen LogP contribution in [0.25, 0.3) is 0 Å². The van der Waals surface area contributed by atoms with Crippen LogP contribution in [0.4, 0.5) is 9.18 Å². The second-order valence-electron chi connectivity index (χ2n) is 6.11. The number of nitrogens with two attached hydrogens (primary N) is 1. The zero-order valence-corrected chi connectivity index (χ0v) is 15.3. The smallest absolute Gasteiger partial charge is 0.409 e. The fraction of sp³-hybridized carbons (Fsp3) is 0.556.